The van der Waals surface area contributed by atoms with Crippen molar-refractivity contribution in [3.05, 3.63) is 23.7 Å². The number of rotatable bonds is 1. The molecular weight excluding hydrogens is 230 g/mol. The number of carbonyl (C=O) groups is 1. The van der Waals surface area contributed by atoms with E-state index in [4.69, 9.17) is 0 Å². The van der Waals surface area contributed by atoms with Crippen molar-refractivity contribution in [2.45, 2.75) is 12.8 Å². The maximum absolute atomic E-state index is 13.3. The highest BCUT2D eigenvalue weighted by molar-refractivity contribution is 5.79. The minimum atomic E-state index is -1.18. The van der Waals surface area contributed by atoms with Gasteiger partial charge in [0.2, 0.25) is 12.2 Å². The highest BCUT2D eigenvalue weighted by Gasteiger charge is 2.30. The lowest BCUT2D eigenvalue weighted by atomic mass is 10.1. The van der Waals surface area contributed by atoms with Gasteiger partial charge in [0.25, 0.3) is 5.95 Å². The number of carbonyl (C=O) groups excluding carboxylic acids is 1. The number of hydrogen-bond acceptors (Lipinski definition) is 3. The van der Waals surface area contributed by atoms with E-state index in [1.807, 2.05) is 6.92 Å². The molecule has 1 aliphatic heterocycles. The van der Waals surface area contributed by atoms with Crippen molar-refractivity contribution in [2.75, 3.05) is 11.4 Å². The van der Waals surface area contributed by atoms with Gasteiger partial charge >= 0.3 is 0 Å². The molecule has 2 aromatic heterocycles. The van der Waals surface area contributed by atoms with Crippen LogP contribution >= 0.6 is 0 Å². The number of aromatic nitrogens is 3. The minimum absolute atomic E-state index is 0.0422. The van der Waals surface area contributed by atoms with E-state index < -0.39 is 11.8 Å². The Kier molecular flexibility index (Phi) is 1.92. The van der Waals surface area contributed by atoms with Crippen LogP contribution in [0.2, 0.25) is 0 Å². The Morgan fingerprint density at radius 1 is 1.53 bits per heavy atom. The van der Waals surface area contributed by atoms with Gasteiger partial charge in [-0.3, -0.25) is 4.79 Å². The van der Waals surface area contributed by atoms with Gasteiger partial charge < -0.3 is 4.90 Å². The number of fused-ring (bicyclic) bond motifs is 3. The number of nitrogens with zero attached hydrogens (tertiary/aromatic N) is 4. The number of amides is 1. The fourth-order valence-electron chi connectivity index (χ4n) is 2.20. The Balaban J connectivity index is 2.37. The van der Waals surface area contributed by atoms with Crippen LogP contribution in [0.4, 0.5) is 14.5 Å². The molecule has 0 saturated heterocycles. The molecule has 0 aromatic carbocycles. The van der Waals surface area contributed by atoms with Crippen molar-refractivity contribution in [1.29, 1.82) is 0 Å². The van der Waals surface area contributed by atoms with Crippen LogP contribution in [0.3, 0.4) is 0 Å². The molecule has 88 valence electrons. The highest BCUT2D eigenvalue weighted by Crippen LogP contribution is 2.34. The average molecular weight is 238 g/mol. The minimum Gasteiger partial charge on any atom is -0.311 e. The Bertz CT molecular complexity index is 624. The summed E-state index contributed by atoms with van der Waals surface area (Å²) in [4.78, 5) is 16.1. The molecule has 0 radical (unpaired) electrons. The van der Waals surface area contributed by atoms with Gasteiger partial charge in [-0.2, -0.15) is 8.78 Å². The first-order valence-electron chi connectivity index (χ1n) is 5.08. The van der Waals surface area contributed by atoms with Crippen LogP contribution in [0.1, 0.15) is 18.5 Å². The zero-order valence-corrected chi connectivity index (χ0v) is 8.89. The van der Waals surface area contributed by atoms with Gasteiger partial charge in [-0.05, 0) is 0 Å². The summed E-state index contributed by atoms with van der Waals surface area (Å²) in [5.41, 5.74) is 0.994. The van der Waals surface area contributed by atoms with Crippen LogP contribution in [-0.4, -0.2) is 27.6 Å². The zero-order valence-electron chi connectivity index (χ0n) is 8.89. The van der Waals surface area contributed by atoms with E-state index in [9.17, 15) is 13.6 Å². The van der Waals surface area contributed by atoms with Crippen LogP contribution in [0.5, 0.6) is 0 Å². The molecule has 0 saturated carbocycles. The van der Waals surface area contributed by atoms with E-state index in [0.29, 0.717) is 24.3 Å². The lowest BCUT2D eigenvalue weighted by molar-refractivity contribution is -0.107. The van der Waals surface area contributed by atoms with Crippen molar-refractivity contribution in [1.82, 2.24) is 14.6 Å². The first-order valence-corrected chi connectivity index (χ1v) is 5.08. The van der Waals surface area contributed by atoms with Crippen LogP contribution < -0.4 is 4.90 Å². The van der Waals surface area contributed by atoms with Gasteiger partial charge in [-0.25, -0.2) is 9.50 Å². The van der Waals surface area contributed by atoms with E-state index in [2.05, 4.69) is 10.1 Å². The summed E-state index contributed by atoms with van der Waals surface area (Å²) >= 11 is 0. The fourth-order valence-corrected chi connectivity index (χ4v) is 2.20. The second-order valence-electron chi connectivity index (χ2n) is 4.03. The number of anilines is 1. The average Bonchev–Trinajstić information content (AvgIpc) is 2.79. The maximum atomic E-state index is 13.3. The van der Waals surface area contributed by atoms with E-state index in [-0.39, 0.29) is 11.6 Å². The van der Waals surface area contributed by atoms with Gasteiger partial charge in [0.1, 0.15) is 0 Å². The quantitative estimate of drug-likeness (QED) is 0.699. The first-order chi connectivity index (χ1) is 8.13. The summed E-state index contributed by atoms with van der Waals surface area (Å²) in [7, 11) is 0. The van der Waals surface area contributed by atoms with Gasteiger partial charge in [-0.1, -0.05) is 6.92 Å². The van der Waals surface area contributed by atoms with E-state index in [1.54, 1.807) is 0 Å². The third kappa shape index (κ3) is 1.19. The summed E-state index contributed by atoms with van der Waals surface area (Å²) in [5, 5.41) is 3.47. The summed E-state index contributed by atoms with van der Waals surface area (Å²) in [5.74, 6) is -2.29. The molecule has 1 aliphatic rings. The molecule has 0 bridgehead atoms. The SMILES string of the molecule is CC1CN(C=O)c2cnc3c(F)c(F)nn3c21. The molecule has 0 aliphatic carbocycles. The molecule has 3 rings (SSSR count). The fraction of sp³-hybridized carbons (Fsp3) is 0.300. The van der Waals surface area contributed by atoms with E-state index >= 15 is 0 Å². The summed E-state index contributed by atoms with van der Waals surface area (Å²) in [6, 6.07) is 0. The summed E-state index contributed by atoms with van der Waals surface area (Å²) in [6.07, 6.45) is 2.04. The van der Waals surface area contributed by atoms with Crippen molar-refractivity contribution >= 4 is 17.7 Å². The van der Waals surface area contributed by atoms with E-state index in [0.717, 1.165) is 4.52 Å². The Morgan fingerprint density at radius 3 is 3.00 bits per heavy atom. The Hall–Kier alpha value is -2.05. The van der Waals surface area contributed by atoms with Gasteiger partial charge in [0, 0.05) is 12.5 Å². The largest absolute Gasteiger partial charge is 0.311 e. The molecule has 2 aromatic rings. The molecule has 0 spiro atoms. The number of hydrogen-bond donors (Lipinski definition) is 0. The van der Waals surface area contributed by atoms with Gasteiger partial charge in [-0.15, -0.1) is 5.10 Å². The second-order valence-corrected chi connectivity index (χ2v) is 4.03. The van der Waals surface area contributed by atoms with Crippen LogP contribution in [0, 0.1) is 11.8 Å². The zero-order chi connectivity index (χ0) is 12.2. The molecule has 0 N–H and O–H groups in total. The summed E-state index contributed by atoms with van der Waals surface area (Å²) < 4.78 is 27.5. The molecule has 7 heteroatoms. The van der Waals surface area contributed by atoms with Gasteiger partial charge in [0.15, 0.2) is 5.65 Å². The number of halogens is 2. The van der Waals surface area contributed by atoms with Crippen molar-refractivity contribution in [3.8, 4) is 0 Å². The highest BCUT2D eigenvalue weighted by atomic mass is 19.2. The normalized spacial score (nSPS) is 18.8. The predicted octanol–water partition coefficient (Wildman–Crippen LogP) is 1.09. The van der Waals surface area contributed by atoms with Gasteiger partial charge in [0.05, 0.1) is 17.6 Å². The smallest absolute Gasteiger partial charge is 0.271 e. The Labute approximate surface area is 94.7 Å². The molecule has 1 amide bonds. The van der Waals surface area contributed by atoms with Crippen LogP contribution in [-0.2, 0) is 4.79 Å². The molecular formula is C10H8F2N4O. The Morgan fingerprint density at radius 2 is 2.29 bits per heavy atom. The van der Waals surface area contributed by atoms with Crippen LogP contribution in [0.25, 0.3) is 5.65 Å². The predicted molar refractivity (Wildman–Crippen MR) is 54.7 cm³/mol. The lowest BCUT2D eigenvalue weighted by Gasteiger charge is -2.08. The monoisotopic (exact) mass is 238 g/mol. The molecule has 1 unspecified atom stereocenters. The molecule has 17 heavy (non-hydrogen) atoms. The maximum Gasteiger partial charge on any atom is 0.271 e. The lowest BCUT2D eigenvalue weighted by Crippen LogP contribution is -2.18. The van der Waals surface area contributed by atoms with Crippen molar-refractivity contribution in [3.63, 3.8) is 0 Å². The topological polar surface area (TPSA) is 50.5 Å². The van der Waals surface area contributed by atoms with Crippen molar-refractivity contribution < 1.29 is 13.6 Å². The molecule has 3 heterocycles. The molecule has 5 nitrogen and oxygen atoms in total. The van der Waals surface area contributed by atoms with E-state index in [1.165, 1.54) is 11.1 Å². The molecule has 0 fully saturated rings. The second kappa shape index (κ2) is 3.22. The van der Waals surface area contributed by atoms with Crippen LogP contribution in [0.15, 0.2) is 6.20 Å². The third-order valence-electron chi connectivity index (χ3n) is 2.94. The van der Waals surface area contributed by atoms with Crippen molar-refractivity contribution in [2.24, 2.45) is 0 Å². The summed E-state index contributed by atoms with van der Waals surface area (Å²) in [6.45, 7) is 2.32. The first kappa shape index (κ1) is 10.1. The third-order valence-corrected chi connectivity index (χ3v) is 2.94. The standard InChI is InChI=1S/C10H8F2N4O/c1-5-3-15(4-17)6-2-13-10-7(11)9(12)14-16(10)8(5)6/h2,4-5H,3H2,1H3. The molecule has 1 atom stereocenters.